The second-order valence-electron chi connectivity index (χ2n) is 6.53. The van der Waals surface area contributed by atoms with Crippen molar-refractivity contribution in [3.8, 4) is 5.75 Å². The number of ether oxygens (including phenoxy) is 1. The number of hydrogen-bond donors (Lipinski definition) is 1. The highest BCUT2D eigenvalue weighted by Gasteiger charge is 2.25. The minimum absolute atomic E-state index is 0.105. The van der Waals surface area contributed by atoms with Crippen LogP contribution in [0.2, 0.25) is 0 Å². The molecule has 3 rings (SSSR count). The van der Waals surface area contributed by atoms with Crippen molar-refractivity contribution in [2.45, 2.75) is 32.5 Å². The predicted octanol–water partition coefficient (Wildman–Crippen LogP) is 1.78. The predicted molar refractivity (Wildman–Crippen MR) is 100 cm³/mol. The molecule has 1 aliphatic rings. The smallest absolute Gasteiger partial charge is 0.211 e. The Balaban J connectivity index is 1.64. The summed E-state index contributed by atoms with van der Waals surface area (Å²) < 4.78 is 33.2. The van der Waals surface area contributed by atoms with Gasteiger partial charge in [-0.05, 0) is 37.1 Å². The van der Waals surface area contributed by atoms with Crippen LogP contribution in [-0.2, 0) is 23.1 Å². The van der Waals surface area contributed by atoms with Crippen molar-refractivity contribution in [1.82, 2.24) is 19.4 Å². The molecule has 142 valence electrons. The molecule has 1 aromatic heterocycles. The summed E-state index contributed by atoms with van der Waals surface area (Å²) in [4.78, 5) is 2.37. The average Bonchev–Trinajstić information content (AvgIpc) is 3.11. The summed E-state index contributed by atoms with van der Waals surface area (Å²) in [7, 11) is -1.49. The highest BCUT2D eigenvalue weighted by molar-refractivity contribution is 7.89. The largest absolute Gasteiger partial charge is 0.497 e. The molecule has 2 heterocycles. The fraction of sp³-hybridized carbons (Fsp3) is 0.500. The fourth-order valence-corrected chi connectivity index (χ4v) is 3.90. The molecule has 0 amide bonds. The van der Waals surface area contributed by atoms with E-state index >= 15 is 0 Å². The standard InChI is InChI=1S/C18H26N4O3S/c1-3-26(23,24)20-11-9-17-14-21(13-16-8-10-19-22(16)17)12-15-4-6-18(25-2)7-5-15/h4-8,10,17,20H,3,9,11-14H2,1-2H3. The van der Waals surface area contributed by atoms with Crippen molar-refractivity contribution in [2.75, 3.05) is 26.0 Å². The molecular formula is C18H26N4O3S. The Labute approximate surface area is 155 Å². The third kappa shape index (κ3) is 4.63. The maximum atomic E-state index is 11.6. The molecule has 0 radical (unpaired) electrons. The average molecular weight is 378 g/mol. The molecule has 8 heteroatoms. The van der Waals surface area contributed by atoms with E-state index in [1.54, 1.807) is 14.0 Å². The zero-order valence-electron chi connectivity index (χ0n) is 15.3. The molecule has 0 saturated carbocycles. The Morgan fingerprint density at radius 2 is 2.04 bits per heavy atom. The first-order chi connectivity index (χ1) is 12.5. The van der Waals surface area contributed by atoms with Crippen molar-refractivity contribution in [2.24, 2.45) is 0 Å². The van der Waals surface area contributed by atoms with Crippen LogP contribution < -0.4 is 9.46 Å². The summed E-state index contributed by atoms with van der Waals surface area (Å²) in [6.45, 7) is 4.59. The number of fused-ring (bicyclic) bond motifs is 1. The van der Waals surface area contributed by atoms with Gasteiger partial charge in [0.1, 0.15) is 5.75 Å². The number of nitrogens with zero attached hydrogens (tertiary/aromatic N) is 3. The molecule has 0 saturated heterocycles. The molecule has 0 bridgehead atoms. The first kappa shape index (κ1) is 18.9. The van der Waals surface area contributed by atoms with Crippen molar-refractivity contribution in [3.63, 3.8) is 0 Å². The van der Waals surface area contributed by atoms with Crippen LogP contribution in [0.15, 0.2) is 36.5 Å². The maximum absolute atomic E-state index is 11.6. The third-order valence-electron chi connectivity index (χ3n) is 4.70. The van der Waals surface area contributed by atoms with Gasteiger partial charge in [-0.15, -0.1) is 0 Å². The van der Waals surface area contributed by atoms with Crippen molar-refractivity contribution in [3.05, 3.63) is 47.8 Å². The molecule has 7 nitrogen and oxygen atoms in total. The van der Waals surface area contributed by atoms with Crippen LogP contribution in [-0.4, -0.2) is 49.1 Å². The highest BCUT2D eigenvalue weighted by atomic mass is 32.2. The summed E-state index contributed by atoms with van der Waals surface area (Å²) in [6.07, 6.45) is 2.53. The lowest BCUT2D eigenvalue weighted by Gasteiger charge is -2.34. The van der Waals surface area contributed by atoms with E-state index in [-0.39, 0.29) is 11.8 Å². The molecule has 1 aromatic carbocycles. The van der Waals surface area contributed by atoms with E-state index in [2.05, 4.69) is 26.9 Å². The lowest BCUT2D eigenvalue weighted by molar-refractivity contribution is 0.162. The summed E-state index contributed by atoms with van der Waals surface area (Å²) in [5.74, 6) is 0.959. The van der Waals surface area contributed by atoms with Crippen LogP contribution >= 0.6 is 0 Å². The minimum atomic E-state index is -3.16. The van der Waals surface area contributed by atoms with Gasteiger partial charge in [-0.3, -0.25) is 9.58 Å². The van der Waals surface area contributed by atoms with E-state index in [4.69, 9.17) is 4.74 Å². The zero-order chi connectivity index (χ0) is 18.6. The van der Waals surface area contributed by atoms with Gasteiger partial charge < -0.3 is 4.74 Å². The number of benzene rings is 1. The summed E-state index contributed by atoms with van der Waals surface area (Å²) >= 11 is 0. The monoisotopic (exact) mass is 378 g/mol. The van der Waals surface area contributed by atoms with Gasteiger partial charge in [0, 0.05) is 32.4 Å². The van der Waals surface area contributed by atoms with Crippen LogP contribution in [0.3, 0.4) is 0 Å². The van der Waals surface area contributed by atoms with Gasteiger partial charge in [0.25, 0.3) is 0 Å². The number of sulfonamides is 1. The van der Waals surface area contributed by atoms with Gasteiger partial charge >= 0.3 is 0 Å². The Morgan fingerprint density at radius 3 is 2.73 bits per heavy atom. The minimum Gasteiger partial charge on any atom is -0.497 e. The summed E-state index contributed by atoms with van der Waals surface area (Å²) in [5.41, 5.74) is 2.39. The number of aromatic nitrogens is 2. The number of hydrogen-bond acceptors (Lipinski definition) is 5. The highest BCUT2D eigenvalue weighted by Crippen LogP contribution is 2.24. The first-order valence-corrected chi connectivity index (χ1v) is 10.5. The molecule has 1 unspecified atom stereocenters. The van der Waals surface area contributed by atoms with Gasteiger partial charge in [-0.2, -0.15) is 5.10 Å². The van der Waals surface area contributed by atoms with Crippen molar-refractivity contribution < 1.29 is 13.2 Å². The van der Waals surface area contributed by atoms with E-state index in [9.17, 15) is 8.42 Å². The van der Waals surface area contributed by atoms with Gasteiger partial charge in [0.05, 0.1) is 24.6 Å². The molecule has 26 heavy (non-hydrogen) atoms. The quantitative estimate of drug-likeness (QED) is 0.758. The van der Waals surface area contributed by atoms with Crippen LogP contribution in [0.1, 0.15) is 30.6 Å². The Morgan fingerprint density at radius 1 is 1.27 bits per heavy atom. The molecule has 0 aliphatic carbocycles. The summed E-state index contributed by atoms with van der Waals surface area (Å²) in [5, 5.41) is 4.43. The molecule has 2 aromatic rings. The van der Waals surface area contributed by atoms with Crippen molar-refractivity contribution in [1.29, 1.82) is 0 Å². The summed E-state index contributed by atoms with van der Waals surface area (Å²) in [6, 6.07) is 10.3. The zero-order valence-corrected chi connectivity index (χ0v) is 16.1. The number of nitrogens with one attached hydrogen (secondary N) is 1. The second kappa shape index (κ2) is 8.20. The topological polar surface area (TPSA) is 76.5 Å². The Kier molecular flexibility index (Phi) is 5.95. The van der Waals surface area contributed by atoms with Crippen LogP contribution in [0, 0.1) is 0 Å². The van der Waals surface area contributed by atoms with Crippen molar-refractivity contribution >= 4 is 10.0 Å². The van der Waals surface area contributed by atoms with Crippen LogP contribution in [0.25, 0.3) is 0 Å². The van der Waals surface area contributed by atoms with E-state index in [0.717, 1.165) is 31.1 Å². The molecule has 1 aliphatic heterocycles. The first-order valence-electron chi connectivity index (χ1n) is 8.85. The molecule has 0 fully saturated rings. The normalized spacial score (nSPS) is 17.8. The van der Waals surface area contributed by atoms with E-state index in [1.165, 1.54) is 5.56 Å². The Bertz CT molecular complexity index is 817. The third-order valence-corrected chi connectivity index (χ3v) is 6.10. The lowest BCUT2D eigenvalue weighted by atomic mass is 10.1. The Hall–Kier alpha value is -1.90. The van der Waals surface area contributed by atoms with Gasteiger partial charge in [-0.1, -0.05) is 12.1 Å². The molecule has 0 spiro atoms. The molecule has 1 N–H and O–H groups in total. The SMILES string of the molecule is CCS(=O)(=O)NCCC1CN(Cc2ccc(OC)cc2)Cc2ccnn21. The second-order valence-corrected chi connectivity index (χ2v) is 8.62. The van der Waals surface area contributed by atoms with Gasteiger partial charge in [0.2, 0.25) is 10.0 Å². The lowest BCUT2D eigenvalue weighted by Crippen LogP contribution is -2.39. The molecular weight excluding hydrogens is 352 g/mol. The molecule has 1 atom stereocenters. The van der Waals surface area contributed by atoms with E-state index in [1.807, 2.05) is 29.1 Å². The van der Waals surface area contributed by atoms with E-state index < -0.39 is 10.0 Å². The number of methoxy groups -OCH3 is 1. The number of rotatable bonds is 8. The fourth-order valence-electron chi connectivity index (χ4n) is 3.27. The van der Waals surface area contributed by atoms with Crippen LogP contribution in [0.5, 0.6) is 5.75 Å². The van der Waals surface area contributed by atoms with Crippen LogP contribution in [0.4, 0.5) is 0 Å². The van der Waals surface area contributed by atoms with E-state index in [0.29, 0.717) is 13.0 Å². The van der Waals surface area contributed by atoms with Gasteiger partial charge in [0.15, 0.2) is 0 Å². The van der Waals surface area contributed by atoms with Gasteiger partial charge in [-0.25, -0.2) is 13.1 Å². The maximum Gasteiger partial charge on any atom is 0.211 e.